The molecule has 0 saturated heterocycles. The molecule has 4 nitrogen and oxygen atoms in total. The van der Waals surface area contributed by atoms with Crippen LogP contribution in [-0.4, -0.2) is 26.2 Å². The molecule has 0 aliphatic carbocycles. The first-order valence-electron chi connectivity index (χ1n) is 3.15. The maximum absolute atomic E-state index is 9.29. The van der Waals surface area contributed by atoms with Gasteiger partial charge in [0.1, 0.15) is 13.2 Å². The first kappa shape index (κ1) is 13.0. The van der Waals surface area contributed by atoms with E-state index in [-0.39, 0.29) is 0 Å². The molecule has 0 heterocycles. The summed E-state index contributed by atoms with van der Waals surface area (Å²) >= 11 is 0. The zero-order chi connectivity index (χ0) is 9.66. The van der Waals surface area contributed by atoms with Gasteiger partial charge in [-0.05, 0) is 0 Å². The molecule has 4 heteroatoms. The number of rotatable bonds is 6. The second kappa shape index (κ2) is 16.2. The van der Waals surface area contributed by atoms with E-state index in [0.29, 0.717) is 26.2 Å². The van der Waals surface area contributed by atoms with Gasteiger partial charge in [-0.25, -0.2) is 0 Å². The van der Waals surface area contributed by atoms with Crippen LogP contribution < -0.4 is 0 Å². The molecule has 0 aliphatic rings. The molecule has 0 saturated carbocycles. The third kappa shape index (κ3) is 23.7. The zero-order valence-corrected chi connectivity index (χ0v) is 6.77. The van der Waals surface area contributed by atoms with Crippen molar-refractivity contribution in [3.63, 3.8) is 0 Å². The molecule has 0 rings (SSSR count). The van der Waals surface area contributed by atoms with Crippen molar-refractivity contribution in [1.29, 1.82) is 0 Å². The predicted molar refractivity (Wildman–Crippen MR) is 44.4 cm³/mol. The Morgan fingerprint density at radius 1 is 0.917 bits per heavy atom. The highest BCUT2D eigenvalue weighted by Gasteiger charge is 1.66. The lowest BCUT2D eigenvalue weighted by atomic mass is 10.7. The minimum atomic E-state index is 0.309. The maximum atomic E-state index is 9.29. The number of carbonyl (C=O) groups is 2. The van der Waals surface area contributed by atoms with Crippen molar-refractivity contribution < 1.29 is 19.1 Å². The molecule has 0 spiro atoms. The van der Waals surface area contributed by atoms with Crippen molar-refractivity contribution in [2.24, 2.45) is 0 Å². The van der Waals surface area contributed by atoms with Gasteiger partial charge in [-0.15, -0.1) is 0 Å². The topological polar surface area (TPSA) is 52.6 Å². The van der Waals surface area contributed by atoms with Crippen LogP contribution in [-0.2, 0) is 19.1 Å². The molecule has 0 aromatic rings. The lowest BCUT2D eigenvalue weighted by Crippen LogP contribution is -1.83. The molecular weight excluding hydrogens is 160 g/mol. The summed E-state index contributed by atoms with van der Waals surface area (Å²) in [5.41, 5.74) is 0. The molecule has 0 bridgehead atoms. The number of hydrogen-bond acceptors (Lipinski definition) is 4. The fraction of sp³-hybridized carbons (Fsp3) is 0.250. The largest absolute Gasteiger partial charge is 0.464 e. The first-order chi connectivity index (χ1) is 5.83. The molecular formula is C8H12O4. The Hall–Kier alpha value is -1.58. The standard InChI is InChI=1S/2C4H6O2/c2*1-2-3-6-4-5/h2*2,4H,1,3H2. The quantitative estimate of drug-likeness (QED) is 0.336. The summed E-state index contributed by atoms with van der Waals surface area (Å²) in [6, 6.07) is 0. The second-order valence-electron chi connectivity index (χ2n) is 1.44. The molecule has 0 radical (unpaired) electrons. The highest BCUT2D eigenvalue weighted by atomic mass is 16.5. The van der Waals surface area contributed by atoms with Crippen LogP contribution in [0.4, 0.5) is 0 Å². The van der Waals surface area contributed by atoms with E-state index in [4.69, 9.17) is 0 Å². The van der Waals surface area contributed by atoms with Crippen LogP contribution in [0, 0.1) is 0 Å². The molecule has 0 aliphatic heterocycles. The summed E-state index contributed by atoms with van der Waals surface area (Å²) in [4.78, 5) is 18.6. The second-order valence-corrected chi connectivity index (χ2v) is 1.44. The van der Waals surface area contributed by atoms with Crippen molar-refractivity contribution in [3.8, 4) is 0 Å². The van der Waals surface area contributed by atoms with E-state index in [1.54, 1.807) is 0 Å². The van der Waals surface area contributed by atoms with Crippen LogP contribution >= 0.6 is 0 Å². The molecule has 0 aromatic heterocycles. The highest BCUT2D eigenvalue weighted by Crippen LogP contribution is 1.63. The third-order valence-corrected chi connectivity index (χ3v) is 0.564. The average molecular weight is 172 g/mol. The molecule has 12 heavy (non-hydrogen) atoms. The predicted octanol–water partition coefficient (Wildman–Crippen LogP) is 0.691. The summed E-state index contributed by atoms with van der Waals surface area (Å²) in [5, 5.41) is 0. The van der Waals surface area contributed by atoms with Crippen molar-refractivity contribution in [2.75, 3.05) is 13.2 Å². The van der Waals surface area contributed by atoms with E-state index in [0.717, 1.165) is 0 Å². The number of hydrogen-bond donors (Lipinski definition) is 0. The van der Waals surface area contributed by atoms with Gasteiger partial charge in [-0.1, -0.05) is 25.3 Å². The lowest BCUT2D eigenvalue weighted by Gasteiger charge is -1.82. The molecule has 0 N–H and O–H groups in total. The van der Waals surface area contributed by atoms with Crippen LogP contribution in [0.15, 0.2) is 25.3 Å². The maximum Gasteiger partial charge on any atom is 0.293 e. The Morgan fingerprint density at radius 3 is 1.33 bits per heavy atom. The summed E-state index contributed by atoms with van der Waals surface area (Å²) in [6.45, 7) is 8.03. The fourth-order valence-electron chi connectivity index (χ4n) is 0.215. The van der Waals surface area contributed by atoms with Gasteiger partial charge in [0.25, 0.3) is 12.9 Å². The van der Waals surface area contributed by atoms with Gasteiger partial charge < -0.3 is 9.47 Å². The van der Waals surface area contributed by atoms with Gasteiger partial charge in [0.05, 0.1) is 0 Å². The van der Waals surface area contributed by atoms with E-state index in [9.17, 15) is 9.59 Å². The molecule has 0 unspecified atom stereocenters. The first-order valence-corrected chi connectivity index (χ1v) is 3.15. The van der Waals surface area contributed by atoms with Crippen molar-refractivity contribution in [3.05, 3.63) is 25.3 Å². The number of carbonyl (C=O) groups excluding carboxylic acids is 2. The van der Waals surface area contributed by atoms with Gasteiger partial charge in [-0.2, -0.15) is 0 Å². The zero-order valence-electron chi connectivity index (χ0n) is 6.77. The van der Waals surface area contributed by atoms with Crippen molar-refractivity contribution in [1.82, 2.24) is 0 Å². The van der Waals surface area contributed by atoms with Crippen molar-refractivity contribution >= 4 is 12.9 Å². The Bertz CT molecular complexity index is 99.0. The smallest absolute Gasteiger partial charge is 0.293 e. The van der Waals surface area contributed by atoms with Crippen molar-refractivity contribution in [2.45, 2.75) is 0 Å². The molecule has 0 atom stereocenters. The molecule has 0 aromatic carbocycles. The SMILES string of the molecule is C=CCOC=O.C=CCOC=O. The van der Waals surface area contributed by atoms with E-state index in [2.05, 4.69) is 22.6 Å². The minimum absolute atomic E-state index is 0.309. The summed E-state index contributed by atoms with van der Waals surface area (Å²) in [7, 11) is 0. The van der Waals surface area contributed by atoms with Gasteiger partial charge >= 0.3 is 0 Å². The number of ether oxygens (including phenoxy) is 2. The Labute approximate surface area is 71.5 Å². The molecule has 0 amide bonds. The Morgan fingerprint density at radius 2 is 1.25 bits per heavy atom. The monoisotopic (exact) mass is 172 g/mol. The van der Waals surface area contributed by atoms with Crippen LogP contribution in [0.25, 0.3) is 0 Å². The van der Waals surface area contributed by atoms with Crippen LogP contribution in [0.5, 0.6) is 0 Å². The molecule has 68 valence electrons. The van der Waals surface area contributed by atoms with Crippen LogP contribution in [0.1, 0.15) is 0 Å². The van der Waals surface area contributed by atoms with Crippen LogP contribution in [0.3, 0.4) is 0 Å². The molecule has 0 fully saturated rings. The van der Waals surface area contributed by atoms with Gasteiger partial charge in [0.2, 0.25) is 0 Å². The summed E-state index contributed by atoms with van der Waals surface area (Å²) in [6.07, 6.45) is 3.02. The Balaban J connectivity index is 0. The minimum Gasteiger partial charge on any atom is -0.464 e. The van der Waals surface area contributed by atoms with E-state index in [1.807, 2.05) is 0 Å². The summed E-state index contributed by atoms with van der Waals surface area (Å²) in [5.74, 6) is 0. The van der Waals surface area contributed by atoms with E-state index in [1.165, 1.54) is 12.2 Å². The highest BCUT2D eigenvalue weighted by molar-refractivity contribution is 5.37. The summed E-state index contributed by atoms with van der Waals surface area (Å²) < 4.78 is 8.37. The van der Waals surface area contributed by atoms with Gasteiger partial charge in [-0.3, -0.25) is 9.59 Å². The third-order valence-electron chi connectivity index (χ3n) is 0.564. The van der Waals surface area contributed by atoms with E-state index >= 15 is 0 Å². The van der Waals surface area contributed by atoms with Crippen LogP contribution in [0.2, 0.25) is 0 Å². The average Bonchev–Trinajstić information content (AvgIpc) is 2.12. The lowest BCUT2D eigenvalue weighted by molar-refractivity contribution is -0.128. The normalized spacial score (nSPS) is 6.67. The van der Waals surface area contributed by atoms with Gasteiger partial charge in [0.15, 0.2) is 0 Å². The van der Waals surface area contributed by atoms with E-state index < -0.39 is 0 Å². The Kier molecular flexibility index (Phi) is 17.6. The van der Waals surface area contributed by atoms with Gasteiger partial charge in [0, 0.05) is 0 Å². The fourth-order valence-corrected chi connectivity index (χ4v) is 0.215.